The van der Waals surface area contributed by atoms with Gasteiger partial charge in [-0.3, -0.25) is 4.79 Å². The van der Waals surface area contributed by atoms with Crippen LogP contribution in [-0.2, 0) is 14.3 Å². The molecule has 9 unspecified atom stereocenters. The molecule has 1 aliphatic rings. The van der Waals surface area contributed by atoms with Crippen LogP contribution in [-0.4, -0.2) is 110 Å². The molecule has 1 amide bonds. The van der Waals surface area contributed by atoms with Crippen LogP contribution in [0.15, 0.2) is 0 Å². The molecule has 0 aromatic heterocycles. The Morgan fingerprint density at radius 2 is 0.612 bits per heavy atom. The third-order valence-corrected chi connectivity index (χ3v) is 18.9. The van der Waals surface area contributed by atoms with Crippen molar-refractivity contribution in [2.24, 2.45) is 0 Å². The quantitative estimate of drug-likeness (QED) is 0.0272. The summed E-state index contributed by atoms with van der Waals surface area (Å²) in [7, 11) is 0. The van der Waals surface area contributed by atoms with Crippen molar-refractivity contribution in [3.63, 3.8) is 0 Å². The van der Waals surface area contributed by atoms with E-state index in [0.29, 0.717) is 19.3 Å². The first-order valence-corrected chi connectivity index (χ1v) is 37.9. The molecule has 11 nitrogen and oxygen atoms in total. The molecule has 1 heterocycles. The van der Waals surface area contributed by atoms with Gasteiger partial charge in [0.1, 0.15) is 36.6 Å². The third kappa shape index (κ3) is 50.4. The van der Waals surface area contributed by atoms with Crippen LogP contribution in [0.25, 0.3) is 0 Å². The average Bonchev–Trinajstić information content (AvgIpc) is 3.67. The molecule has 0 radical (unpaired) electrons. The lowest BCUT2D eigenvalue weighted by atomic mass is 9.98. The largest absolute Gasteiger partial charge is 0.394 e. The van der Waals surface area contributed by atoms with Crippen molar-refractivity contribution in [3.05, 3.63) is 0 Å². The number of hydrogen-bond acceptors (Lipinski definition) is 10. The number of carbonyl (C=O) groups is 1. The van der Waals surface area contributed by atoms with Crippen molar-refractivity contribution in [1.82, 2.24) is 5.32 Å². The van der Waals surface area contributed by atoms with Gasteiger partial charge in [0, 0.05) is 0 Å². The van der Waals surface area contributed by atoms with E-state index in [1.807, 2.05) is 0 Å². The molecular weight excluding hydrogens is 1060 g/mol. The van der Waals surface area contributed by atoms with Gasteiger partial charge in [-0.05, 0) is 12.8 Å². The number of aliphatic hydroxyl groups excluding tert-OH is 7. The van der Waals surface area contributed by atoms with E-state index < -0.39 is 74.2 Å². The molecule has 9 atom stereocenters. The molecule has 0 aromatic rings. The third-order valence-electron chi connectivity index (χ3n) is 18.9. The topological polar surface area (TPSA) is 189 Å². The molecule has 1 fully saturated rings. The first-order chi connectivity index (χ1) is 41.7. The van der Waals surface area contributed by atoms with E-state index in [0.717, 1.165) is 38.5 Å². The molecule has 0 aliphatic carbocycles. The summed E-state index contributed by atoms with van der Waals surface area (Å²) in [4.78, 5) is 13.3. The second kappa shape index (κ2) is 63.3. The standard InChI is InChI=1S/C74H147NO10/c1-3-5-7-9-11-13-15-17-19-21-23-25-27-29-30-31-32-33-34-35-36-37-38-40-42-44-46-48-50-52-54-56-58-60-62-67(78)73(83)75-65(64-84-74-72(82)71(81)70(80)68(63-76)85-74)69(79)66(77)61-59-57-55-53-51-49-47-45-43-41-39-28-26-24-22-20-18-16-14-12-10-8-6-4-2/h65-72,74,76-82H,3-64H2,1-2H3,(H,75,83). The van der Waals surface area contributed by atoms with E-state index in [1.54, 1.807) is 0 Å². The Morgan fingerprint density at radius 1 is 0.365 bits per heavy atom. The highest BCUT2D eigenvalue weighted by Gasteiger charge is 2.44. The number of amides is 1. The highest BCUT2D eigenvalue weighted by Crippen LogP contribution is 2.24. The molecule has 8 N–H and O–H groups in total. The molecule has 1 rings (SSSR count). The molecule has 0 saturated carbocycles. The number of ether oxygens (including phenoxy) is 2. The van der Waals surface area contributed by atoms with Crippen molar-refractivity contribution in [2.45, 2.75) is 454 Å². The van der Waals surface area contributed by atoms with Crippen molar-refractivity contribution >= 4 is 5.91 Å². The van der Waals surface area contributed by atoms with Crippen LogP contribution in [0.2, 0.25) is 0 Å². The van der Waals surface area contributed by atoms with Crippen molar-refractivity contribution < 1.29 is 50.0 Å². The minimum Gasteiger partial charge on any atom is -0.394 e. The molecule has 11 heteroatoms. The Balaban J connectivity index is 2.13. The monoisotopic (exact) mass is 1210 g/mol. The van der Waals surface area contributed by atoms with Crippen molar-refractivity contribution in [3.8, 4) is 0 Å². The Hall–Kier alpha value is -0.890. The predicted molar refractivity (Wildman–Crippen MR) is 358 cm³/mol. The summed E-state index contributed by atoms with van der Waals surface area (Å²) in [5.74, 6) is -0.686. The summed E-state index contributed by atoms with van der Waals surface area (Å²) in [6, 6.07) is -1.16. The molecular formula is C74H147NO10. The van der Waals surface area contributed by atoms with Crippen molar-refractivity contribution in [2.75, 3.05) is 13.2 Å². The van der Waals surface area contributed by atoms with Gasteiger partial charge in [0.2, 0.25) is 5.91 Å². The Morgan fingerprint density at radius 3 is 0.871 bits per heavy atom. The van der Waals surface area contributed by atoms with Crippen LogP contribution < -0.4 is 5.32 Å². The number of carbonyl (C=O) groups excluding carboxylic acids is 1. The SMILES string of the molecule is CCCCCCCCCCCCCCCCCCCCCCCCCCCCCCCCCCCCC(O)C(=O)NC(COC1OC(CO)C(O)C(O)C1O)C(O)C(O)CCCCCCCCCCCCCCCCCCCCCCCCCC. The van der Waals surface area contributed by atoms with Gasteiger partial charge in [0.25, 0.3) is 0 Å². The van der Waals surface area contributed by atoms with E-state index in [-0.39, 0.29) is 6.42 Å². The van der Waals surface area contributed by atoms with E-state index in [4.69, 9.17) is 9.47 Å². The zero-order valence-electron chi connectivity index (χ0n) is 56.4. The Kier molecular flexibility index (Phi) is 61.1. The smallest absolute Gasteiger partial charge is 0.249 e. The second-order valence-electron chi connectivity index (χ2n) is 27.1. The maximum Gasteiger partial charge on any atom is 0.249 e. The number of nitrogens with one attached hydrogen (secondary N) is 1. The Labute approximate surface area is 526 Å². The second-order valence-corrected chi connectivity index (χ2v) is 27.1. The highest BCUT2D eigenvalue weighted by atomic mass is 16.7. The summed E-state index contributed by atoms with van der Waals surface area (Å²) in [5.41, 5.74) is 0. The van der Waals surface area contributed by atoms with Crippen LogP contribution in [0.1, 0.15) is 399 Å². The van der Waals surface area contributed by atoms with E-state index in [9.17, 15) is 40.5 Å². The van der Waals surface area contributed by atoms with E-state index >= 15 is 0 Å². The number of rotatable bonds is 68. The predicted octanol–water partition coefficient (Wildman–Crippen LogP) is 18.8. The number of aliphatic hydroxyl groups is 7. The normalized spacial score (nSPS) is 18.7. The molecule has 0 spiro atoms. The van der Waals surface area contributed by atoms with Gasteiger partial charge >= 0.3 is 0 Å². The van der Waals surface area contributed by atoms with Gasteiger partial charge in [0.05, 0.1) is 25.4 Å². The van der Waals surface area contributed by atoms with Gasteiger partial charge < -0.3 is 50.5 Å². The summed E-state index contributed by atoms with van der Waals surface area (Å²) >= 11 is 0. The first kappa shape index (κ1) is 82.1. The summed E-state index contributed by atoms with van der Waals surface area (Å²) < 4.78 is 11.2. The van der Waals surface area contributed by atoms with Crippen LogP contribution in [0, 0.1) is 0 Å². The fraction of sp³-hybridized carbons (Fsp3) is 0.986. The summed E-state index contributed by atoms with van der Waals surface area (Å²) in [5, 5.41) is 76.6. The van der Waals surface area contributed by atoms with Gasteiger partial charge in [-0.15, -0.1) is 0 Å². The molecule has 0 bridgehead atoms. The lowest BCUT2D eigenvalue weighted by Gasteiger charge is -2.40. The first-order valence-electron chi connectivity index (χ1n) is 37.9. The average molecular weight is 1210 g/mol. The van der Waals surface area contributed by atoms with Crippen LogP contribution in [0.3, 0.4) is 0 Å². The minimum atomic E-state index is -1.66. The lowest BCUT2D eigenvalue weighted by molar-refractivity contribution is -0.303. The Bertz CT molecular complexity index is 1340. The van der Waals surface area contributed by atoms with Crippen LogP contribution in [0.5, 0.6) is 0 Å². The van der Waals surface area contributed by atoms with Gasteiger partial charge in [-0.25, -0.2) is 0 Å². The van der Waals surface area contributed by atoms with Crippen molar-refractivity contribution in [1.29, 1.82) is 0 Å². The maximum atomic E-state index is 13.3. The summed E-state index contributed by atoms with van der Waals surface area (Å²) in [6.45, 7) is 3.54. The van der Waals surface area contributed by atoms with Crippen LogP contribution >= 0.6 is 0 Å². The molecule has 0 aromatic carbocycles. The van der Waals surface area contributed by atoms with Gasteiger partial charge in [-0.2, -0.15) is 0 Å². The highest BCUT2D eigenvalue weighted by molar-refractivity contribution is 5.80. The molecule has 1 saturated heterocycles. The lowest BCUT2D eigenvalue weighted by Crippen LogP contribution is -2.60. The number of unbranched alkanes of at least 4 members (excludes halogenated alkanes) is 56. The molecule has 85 heavy (non-hydrogen) atoms. The molecule has 508 valence electrons. The molecule has 1 aliphatic heterocycles. The zero-order valence-corrected chi connectivity index (χ0v) is 56.4. The minimum absolute atomic E-state index is 0.268. The van der Waals surface area contributed by atoms with E-state index in [1.165, 1.54) is 321 Å². The fourth-order valence-corrected chi connectivity index (χ4v) is 12.9. The zero-order chi connectivity index (χ0) is 61.7. The summed E-state index contributed by atoms with van der Waals surface area (Å²) in [6.07, 6.45) is 66.3. The fourth-order valence-electron chi connectivity index (χ4n) is 12.9. The number of hydrogen-bond donors (Lipinski definition) is 8. The maximum absolute atomic E-state index is 13.3. The van der Waals surface area contributed by atoms with Gasteiger partial charge in [-0.1, -0.05) is 386 Å². The van der Waals surface area contributed by atoms with Crippen LogP contribution in [0.4, 0.5) is 0 Å². The van der Waals surface area contributed by atoms with E-state index in [2.05, 4.69) is 19.2 Å². The van der Waals surface area contributed by atoms with Gasteiger partial charge in [0.15, 0.2) is 6.29 Å².